The first-order chi connectivity index (χ1) is 18.7. The number of anilines is 1. The molecule has 1 N–H and O–H groups in total. The Kier molecular flexibility index (Phi) is 6.59. The molecule has 0 aliphatic rings. The van der Waals surface area contributed by atoms with Gasteiger partial charge in [-0.05, 0) is 65.7 Å². The molecule has 0 saturated carbocycles. The van der Waals surface area contributed by atoms with Crippen LogP contribution in [0.4, 0.5) is 19.0 Å². The highest BCUT2D eigenvalue weighted by atomic mass is 19.4. The normalized spacial score (nSPS) is 11.3. The van der Waals surface area contributed by atoms with E-state index in [1.54, 1.807) is 36.4 Å². The summed E-state index contributed by atoms with van der Waals surface area (Å²) in [7, 11) is 0. The predicted molar refractivity (Wildman–Crippen MR) is 134 cm³/mol. The van der Waals surface area contributed by atoms with Crippen LogP contribution in [0.5, 0.6) is 0 Å². The van der Waals surface area contributed by atoms with Crippen LogP contribution in [0.25, 0.3) is 22.4 Å². The molecule has 12 heteroatoms. The van der Waals surface area contributed by atoms with Gasteiger partial charge < -0.3 is 5.11 Å². The first kappa shape index (κ1) is 25.3. The van der Waals surface area contributed by atoms with Crippen molar-refractivity contribution in [2.45, 2.75) is 6.18 Å². The number of benzene rings is 2. The molecular formula is C27H17F3N6O3. The molecule has 0 saturated heterocycles. The number of carbonyl (C=O) groups excluding carboxylic acids is 1. The molecule has 5 rings (SSSR count). The van der Waals surface area contributed by atoms with E-state index in [2.05, 4.69) is 20.3 Å². The van der Waals surface area contributed by atoms with Crippen molar-refractivity contribution in [3.8, 4) is 22.4 Å². The average molecular weight is 530 g/mol. The van der Waals surface area contributed by atoms with Crippen LogP contribution < -0.4 is 5.01 Å². The molecule has 2 aromatic carbocycles. The quantitative estimate of drug-likeness (QED) is 0.320. The number of alkyl halides is 3. The number of carbonyl (C=O) groups is 2. The van der Waals surface area contributed by atoms with Gasteiger partial charge in [-0.3, -0.25) is 9.78 Å². The molecule has 0 spiro atoms. The second-order valence-corrected chi connectivity index (χ2v) is 8.21. The van der Waals surface area contributed by atoms with Crippen LogP contribution in [0.15, 0.2) is 97.5 Å². The van der Waals surface area contributed by atoms with Gasteiger partial charge in [0.1, 0.15) is 0 Å². The Bertz CT molecular complexity index is 1640. The molecule has 0 atom stereocenters. The van der Waals surface area contributed by atoms with E-state index in [4.69, 9.17) is 5.11 Å². The Morgan fingerprint density at radius 2 is 1.56 bits per heavy atom. The second kappa shape index (κ2) is 10.2. The highest BCUT2D eigenvalue weighted by Crippen LogP contribution is 2.34. The molecule has 0 aliphatic carbocycles. The third kappa shape index (κ3) is 5.21. The summed E-state index contributed by atoms with van der Waals surface area (Å²) in [4.78, 5) is 29.4. The van der Waals surface area contributed by atoms with Crippen LogP contribution >= 0.6 is 0 Å². The van der Waals surface area contributed by atoms with Gasteiger partial charge in [-0.25, -0.2) is 4.79 Å². The van der Waals surface area contributed by atoms with Crippen LogP contribution in [-0.2, 0) is 6.18 Å². The van der Waals surface area contributed by atoms with Gasteiger partial charge in [0.15, 0.2) is 11.5 Å². The van der Waals surface area contributed by atoms with E-state index in [0.717, 1.165) is 6.07 Å². The zero-order valence-electron chi connectivity index (χ0n) is 19.8. The van der Waals surface area contributed by atoms with Gasteiger partial charge in [-0.1, -0.05) is 24.3 Å². The fraction of sp³-hybridized carbons (Fsp3) is 0.0370. The fourth-order valence-corrected chi connectivity index (χ4v) is 3.83. The van der Waals surface area contributed by atoms with Crippen LogP contribution in [-0.4, -0.2) is 42.1 Å². The summed E-state index contributed by atoms with van der Waals surface area (Å²) in [5.41, 5.74) is 0.332. The molecule has 3 aromatic heterocycles. The highest BCUT2D eigenvalue weighted by Gasteiger charge is 2.40. The molecule has 194 valence electrons. The van der Waals surface area contributed by atoms with Gasteiger partial charge in [-0.2, -0.15) is 33.2 Å². The third-order valence-corrected chi connectivity index (χ3v) is 5.67. The number of halogens is 3. The van der Waals surface area contributed by atoms with Crippen molar-refractivity contribution in [2.24, 2.45) is 0 Å². The zero-order chi connectivity index (χ0) is 27.6. The molecule has 3 heterocycles. The van der Waals surface area contributed by atoms with Crippen molar-refractivity contribution >= 4 is 17.7 Å². The SMILES string of the molecule is O=C(O)c1ccc(-c2cccc(C(=O)N(c3cccnn3)n3nc(-c4cccnc4)cc3C(F)(F)F)c2)cc1. The molecule has 5 aromatic rings. The van der Waals surface area contributed by atoms with Crippen molar-refractivity contribution in [2.75, 3.05) is 5.01 Å². The molecule has 39 heavy (non-hydrogen) atoms. The molecule has 0 bridgehead atoms. The van der Waals surface area contributed by atoms with Crippen LogP contribution in [0, 0.1) is 0 Å². The number of aromatic carboxylic acids is 1. The Labute approximate surface area is 218 Å². The number of carboxylic acid groups (broad SMARTS) is 1. The zero-order valence-corrected chi connectivity index (χ0v) is 19.8. The van der Waals surface area contributed by atoms with Crippen molar-refractivity contribution in [1.82, 2.24) is 25.1 Å². The molecule has 0 aliphatic heterocycles. The second-order valence-electron chi connectivity index (χ2n) is 8.21. The first-order valence-corrected chi connectivity index (χ1v) is 11.4. The van der Waals surface area contributed by atoms with Crippen LogP contribution in [0.2, 0.25) is 0 Å². The van der Waals surface area contributed by atoms with Crippen LogP contribution in [0.1, 0.15) is 26.4 Å². The number of rotatable bonds is 6. The van der Waals surface area contributed by atoms with E-state index in [1.807, 2.05) is 0 Å². The Hall–Kier alpha value is -5.39. The summed E-state index contributed by atoms with van der Waals surface area (Å²) >= 11 is 0. The Balaban J connectivity index is 1.62. The van der Waals surface area contributed by atoms with Gasteiger partial charge in [-0.15, -0.1) is 5.10 Å². The predicted octanol–water partition coefficient (Wildman–Crippen LogP) is 5.23. The van der Waals surface area contributed by atoms with E-state index in [9.17, 15) is 22.8 Å². The topological polar surface area (TPSA) is 114 Å². The number of carboxylic acids is 1. The number of amides is 1. The van der Waals surface area contributed by atoms with Crippen molar-refractivity contribution in [3.05, 3.63) is 114 Å². The largest absolute Gasteiger partial charge is 0.478 e. The smallest absolute Gasteiger partial charge is 0.435 e. The average Bonchev–Trinajstić information content (AvgIpc) is 3.40. The molecule has 9 nitrogen and oxygen atoms in total. The van der Waals surface area contributed by atoms with Gasteiger partial charge in [0.05, 0.1) is 11.3 Å². The summed E-state index contributed by atoms with van der Waals surface area (Å²) in [6, 6.07) is 18.9. The van der Waals surface area contributed by atoms with Crippen molar-refractivity contribution in [3.63, 3.8) is 0 Å². The molecule has 0 fully saturated rings. The van der Waals surface area contributed by atoms with E-state index in [1.165, 1.54) is 55.0 Å². The van der Waals surface area contributed by atoms with Gasteiger partial charge in [0, 0.05) is 29.7 Å². The lowest BCUT2D eigenvalue weighted by atomic mass is 10.0. The van der Waals surface area contributed by atoms with Crippen LogP contribution in [0.3, 0.4) is 0 Å². The number of nitrogens with zero attached hydrogens (tertiary/aromatic N) is 6. The highest BCUT2D eigenvalue weighted by molar-refractivity contribution is 6.06. The summed E-state index contributed by atoms with van der Waals surface area (Å²) in [5.74, 6) is -2.13. The lowest BCUT2D eigenvalue weighted by molar-refractivity contribution is -0.143. The number of hydrogen-bond donors (Lipinski definition) is 1. The fourth-order valence-electron chi connectivity index (χ4n) is 3.83. The summed E-state index contributed by atoms with van der Waals surface area (Å²) < 4.78 is 42.6. The minimum atomic E-state index is -4.87. The lowest BCUT2D eigenvalue weighted by Gasteiger charge is -2.23. The maximum absolute atomic E-state index is 14.2. The number of hydrogen-bond acceptors (Lipinski definition) is 6. The molecule has 0 unspecified atom stereocenters. The van der Waals surface area contributed by atoms with Gasteiger partial charge in [0.2, 0.25) is 0 Å². The monoisotopic (exact) mass is 530 g/mol. The Morgan fingerprint density at radius 1 is 0.821 bits per heavy atom. The van der Waals surface area contributed by atoms with Gasteiger partial charge >= 0.3 is 12.1 Å². The Morgan fingerprint density at radius 3 is 2.21 bits per heavy atom. The van der Waals surface area contributed by atoms with E-state index < -0.39 is 23.7 Å². The standard InChI is InChI=1S/C27H17F3N6O3/c28-27(29,30)23-15-22(21-6-2-12-31-16-21)34-36(23)35(24-7-3-13-32-33-24)25(37)20-5-1-4-19(14-20)17-8-10-18(11-9-17)26(38)39/h1-16H,(H,38,39). The van der Waals surface area contributed by atoms with E-state index in [-0.39, 0.29) is 22.6 Å². The molecular weight excluding hydrogens is 513 g/mol. The van der Waals surface area contributed by atoms with Gasteiger partial charge in [0.25, 0.3) is 5.91 Å². The minimum Gasteiger partial charge on any atom is -0.478 e. The number of aromatic nitrogens is 5. The lowest BCUT2D eigenvalue weighted by Crippen LogP contribution is -2.40. The summed E-state index contributed by atoms with van der Waals surface area (Å²) in [6.07, 6.45) is -0.715. The number of pyridine rings is 1. The summed E-state index contributed by atoms with van der Waals surface area (Å²) in [6.45, 7) is 0. The third-order valence-electron chi connectivity index (χ3n) is 5.67. The first-order valence-electron chi connectivity index (χ1n) is 11.4. The maximum atomic E-state index is 14.2. The molecule has 0 radical (unpaired) electrons. The van der Waals surface area contributed by atoms with E-state index in [0.29, 0.717) is 26.5 Å². The molecule has 1 amide bonds. The minimum absolute atomic E-state index is 0.0343. The summed E-state index contributed by atoms with van der Waals surface area (Å²) in [5, 5.41) is 21.6. The maximum Gasteiger partial charge on any atom is 0.435 e. The van der Waals surface area contributed by atoms with Crippen molar-refractivity contribution in [1.29, 1.82) is 0 Å². The van der Waals surface area contributed by atoms with Crippen molar-refractivity contribution < 1.29 is 27.9 Å². The van der Waals surface area contributed by atoms with E-state index >= 15 is 0 Å².